The molecule has 8 heteroatoms. The molecule has 2 aromatic heterocycles. The number of aromatic nitrogens is 3. The number of anilines is 2. The molecular formula is C15H23N7O. The summed E-state index contributed by atoms with van der Waals surface area (Å²) in [5.41, 5.74) is 5.77. The van der Waals surface area contributed by atoms with Crippen LogP contribution < -0.4 is 10.6 Å². The highest BCUT2D eigenvalue weighted by Crippen LogP contribution is 2.12. The first-order chi connectivity index (χ1) is 11.1. The average Bonchev–Trinajstić information content (AvgIpc) is 3.01. The fourth-order valence-corrected chi connectivity index (χ4v) is 2.62. The number of hydrogen-bond acceptors (Lipinski definition) is 8. The van der Waals surface area contributed by atoms with Gasteiger partial charge < -0.3 is 15.1 Å². The number of nitrogen functional groups attached to an aromatic ring is 1. The second kappa shape index (κ2) is 6.93. The summed E-state index contributed by atoms with van der Waals surface area (Å²) < 4.78 is 5.41. The average molecular weight is 317 g/mol. The second-order valence-corrected chi connectivity index (χ2v) is 5.94. The van der Waals surface area contributed by atoms with Crippen molar-refractivity contribution in [1.29, 1.82) is 0 Å². The van der Waals surface area contributed by atoms with Crippen molar-refractivity contribution in [1.82, 2.24) is 24.8 Å². The van der Waals surface area contributed by atoms with Crippen LogP contribution >= 0.6 is 0 Å². The van der Waals surface area contributed by atoms with Gasteiger partial charge in [-0.15, -0.1) is 0 Å². The normalized spacial score (nSPS) is 16.6. The van der Waals surface area contributed by atoms with Crippen molar-refractivity contribution >= 4 is 11.9 Å². The van der Waals surface area contributed by atoms with Gasteiger partial charge in [0.1, 0.15) is 11.6 Å². The zero-order valence-electron chi connectivity index (χ0n) is 13.6. The maximum atomic E-state index is 5.77. The van der Waals surface area contributed by atoms with E-state index >= 15 is 0 Å². The van der Waals surface area contributed by atoms with Crippen molar-refractivity contribution in [2.45, 2.75) is 13.1 Å². The Hall–Kier alpha value is -2.19. The monoisotopic (exact) mass is 317 g/mol. The first-order valence-electron chi connectivity index (χ1n) is 7.75. The molecule has 2 N–H and O–H groups in total. The predicted molar refractivity (Wildman–Crippen MR) is 87.8 cm³/mol. The van der Waals surface area contributed by atoms with Gasteiger partial charge in [-0.25, -0.2) is 0 Å². The van der Waals surface area contributed by atoms with Gasteiger partial charge in [-0.2, -0.15) is 15.0 Å². The molecule has 1 aliphatic heterocycles. The molecule has 0 aliphatic carbocycles. The van der Waals surface area contributed by atoms with E-state index in [2.05, 4.69) is 24.8 Å². The molecule has 8 nitrogen and oxygen atoms in total. The topological polar surface area (TPSA) is 87.6 Å². The van der Waals surface area contributed by atoms with Crippen molar-refractivity contribution < 1.29 is 4.42 Å². The van der Waals surface area contributed by atoms with E-state index in [1.54, 1.807) is 6.26 Å². The molecule has 0 atom stereocenters. The van der Waals surface area contributed by atoms with Gasteiger partial charge in [0.05, 0.1) is 19.4 Å². The third-order valence-electron chi connectivity index (χ3n) is 3.88. The predicted octanol–water partition coefficient (Wildman–Crippen LogP) is 0.431. The Bertz CT molecular complexity index is 621. The summed E-state index contributed by atoms with van der Waals surface area (Å²) in [7, 11) is 3.79. The number of piperazine rings is 1. The van der Waals surface area contributed by atoms with Crippen LogP contribution in [0.1, 0.15) is 11.6 Å². The zero-order valence-corrected chi connectivity index (χ0v) is 13.6. The van der Waals surface area contributed by atoms with Crippen LogP contribution in [0.5, 0.6) is 0 Å². The standard InChI is InChI=1S/C15H23N7O/c1-20(2)15-18-13(17-14(16)19-15)11-22-7-5-21(6-8-22)10-12-4-3-9-23-12/h3-4,9H,5-8,10-11H2,1-2H3,(H2,16,17,18,19). The maximum absolute atomic E-state index is 5.77. The third-order valence-corrected chi connectivity index (χ3v) is 3.88. The highest BCUT2D eigenvalue weighted by molar-refractivity contribution is 5.32. The smallest absolute Gasteiger partial charge is 0.229 e. The number of nitrogens with zero attached hydrogens (tertiary/aromatic N) is 6. The molecule has 1 saturated heterocycles. The van der Waals surface area contributed by atoms with Crippen molar-refractivity contribution in [2.75, 3.05) is 50.9 Å². The number of rotatable bonds is 5. The van der Waals surface area contributed by atoms with Gasteiger partial charge in [-0.05, 0) is 12.1 Å². The lowest BCUT2D eigenvalue weighted by Crippen LogP contribution is -2.45. The Kier molecular flexibility index (Phi) is 4.73. The minimum absolute atomic E-state index is 0.273. The molecule has 0 unspecified atom stereocenters. The van der Waals surface area contributed by atoms with E-state index in [4.69, 9.17) is 10.2 Å². The quantitative estimate of drug-likeness (QED) is 0.849. The van der Waals surface area contributed by atoms with Crippen LogP contribution in [0.4, 0.5) is 11.9 Å². The largest absolute Gasteiger partial charge is 0.468 e. The molecule has 0 aromatic carbocycles. The highest BCUT2D eigenvalue weighted by Gasteiger charge is 2.19. The van der Waals surface area contributed by atoms with Crippen molar-refractivity contribution in [3.05, 3.63) is 30.0 Å². The fraction of sp³-hybridized carbons (Fsp3) is 0.533. The SMILES string of the molecule is CN(C)c1nc(N)nc(CN2CCN(Cc3ccco3)CC2)n1. The van der Waals surface area contributed by atoms with Gasteiger partial charge >= 0.3 is 0 Å². The van der Waals surface area contributed by atoms with Crippen LogP contribution in [0.25, 0.3) is 0 Å². The van der Waals surface area contributed by atoms with Crippen LogP contribution in [0, 0.1) is 0 Å². The minimum atomic E-state index is 0.273. The van der Waals surface area contributed by atoms with E-state index in [-0.39, 0.29) is 5.95 Å². The molecule has 0 amide bonds. The van der Waals surface area contributed by atoms with Crippen molar-refractivity contribution in [3.8, 4) is 0 Å². The Morgan fingerprint density at radius 1 is 1.09 bits per heavy atom. The van der Waals surface area contributed by atoms with Gasteiger partial charge in [0.25, 0.3) is 0 Å². The van der Waals surface area contributed by atoms with Crippen molar-refractivity contribution in [2.24, 2.45) is 0 Å². The van der Waals surface area contributed by atoms with Crippen LogP contribution in [0.3, 0.4) is 0 Å². The van der Waals surface area contributed by atoms with Gasteiger partial charge in [0.15, 0.2) is 0 Å². The Labute approximate surface area is 135 Å². The lowest BCUT2D eigenvalue weighted by atomic mass is 10.3. The Morgan fingerprint density at radius 3 is 2.39 bits per heavy atom. The van der Waals surface area contributed by atoms with Gasteiger partial charge in [0, 0.05) is 40.3 Å². The summed E-state index contributed by atoms with van der Waals surface area (Å²) in [4.78, 5) is 19.4. The molecule has 0 bridgehead atoms. The van der Waals surface area contributed by atoms with Crippen LogP contribution in [-0.2, 0) is 13.1 Å². The molecule has 2 aromatic rings. The van der Waals surface area contributed by atoms with E-state index in [0.29, 0.717) is 12.5 Å². The second-order valence-electron chi connectivity index (χ2n) is 5.94. The molecule has 23 heavy (non-hydrogen) atoms. The molecule has 3 rings (SSSR count). The number of hydrogen-bond donors (Lipinski definition) is 1. The van der Waals surface area contributed by atoms with Gasteiger partial charge in [0.2, 0.25) is 11.9 Å². The molecule has 1 aliphatic rings. The fourth-order valence-electron chi connectivity index (χ4n) is 2.62. The molecule has 1 fully saturated rings. The summed E-state index contributed by atoms with van der Waals surface area (Å²) in [6.45, 7) is 5.52. The molecule has 0 saturated carbocycles. The summed E-state index contributed by atoms with van der Waals surface area (Å²) in [6, 6.07) is 3.95. The van der Waals surface area contributed by atoms with E-state index in [1.165, 1.54) is 0 Å². The number of furan rings is 1. The lowest BCUT2D eigenvalue weighted by Gasteiger charge is -2.33. The van der Waals surface area contributed by atoms with E-state index < -0.39 is 0 Å². The summed E-state index contributed by atoms with van der Waals surface area (Å²) >= 11 is 0. The van der Waals surface area contributed by atoms with Crippen LogP contribution in [0.15, 0.2) is 22.8 Å². The van der Waals surface area contributed by atoms with E-state index in [9.17, 15) is 0 Å². The maximum Gasteiger partial charge on any atom is 0.229 e. The molecule has 3 heterocycles. The first kappa shape index (κ1) is 15.7. The lowest BCUT2D eigenvalue weighted by molar-refractivity contribution is 0.114. The van der Waals surface area contributed by atoms with Gasteiger partial charge in [-0.1, -0.05) is 0 Å². The van der Waals surface area contributed by atoms with Crippen molar-refractivity contribution in [3.63, 3.8) is 0 Å². The Morgan fingerprint density at radius 2 is 1.78 bits per heavy atom. The summed E-state index contributed by atoms with van der Waals surface area (Å²) in [6.07, 6.45) is 1.72. The molecule has 0 radical (unpaired) electrons. The summed E-state index contributed by atoms with van der Waals surface area (Å²) in [5.74, 6) is 2.61. The number of nitrogens with two attached hydrogens (primary N) is 1. The third kappa shape index (κ3) is 4.17. The highest BCUT2D eigenvalue weighted by atomic mass is 16.3. The van der Waals surface area contributed by atoms with E-state index in [1.807, 2.05) is 31.1 Å². The zero-order chi connectivity index (χ0) is 16.2. The minimum Gasteiger partial charge on any atom is -0.468 e. The first-order valence-corrected chi connectivity index (χ1v) is 7.75. The van der Waals surface area contributed by atoms with Crippen LogP contribution in [0.2, 0.25) is 0 Å². The molecule has 124 valence electrons. The summed E-state index contributed by atoms with van der Waals surface area (Å²) in [5, 5.41) is 0. The van der Waals surface area contributed by atoms with Gasteiger partial charge in [-0.3, -0.25) is 9.80 Å². The molecular weight excluding hydrogens is 294 g/mol. The molecule has 0 spiro atoms. The van der Waals surface area contributed by atoms with E-state index in [0.717, 1.165) is 44.3 Å². The van der Waals surface area contributed by atoms with Crippen LogP contribution in [-0.4, -0.2) is 65.0 Å². The Balaban J connectivity index is 1.54.